The number of amides is 2. The van der Waals surface area contributed by atoms with Gasteiger partial charge in [-0.15, -0.1) is 10.2 Å². The van der Waals surface area contributed by atoms with Crippen molar-refractivity contribution in [2.24, 2.45) is 7.05 Å². The molecular formula is C23H25Cl2N5O3S. The van der Waals surface area contributed by atoms with E-state index in [2.05, 4.69) is 27.8 Å². The van der Waals surface area contributed by atoms with Gasteiger partial charge in [-0.1, -0.05) is 54.0 Å². The second-order valence-electron chi connectivity index (χ2n) is 7.43. The number of rotatable bonds is 10. The molecule has 1 unspecified atom stereocenters. The molecule has 8 nitrogen and oxygen atoms in total. The number of carbonyl (C=O) groups excluding carboxylic acids is 2. The third-order valence-electron chi connectivity index (χ3n) is 4.84. The van der Waals surface area contributed by atoms with E-state index >= 15 is 0 Å². The Morgan fingerprint density at radius 1 is 1.12 bits per heavy atom. The molecule has 1 atom stereocenters. The van der Waals surface area contributed by atoms with E-state index in [0.29, 0.717) is 32.5 Å². The van der Waals surface area contributed by atoms with E-state index < -0.39 is 6.10 Å². The van der Waals surface area contributed by atoms with Crippen molar-refractivity contribution in [2.45, 2.75) is 38.1 Å². The van der Waals surface area contributed by atoms with Crippen molar-refractivity contribution in [3.05, 3.63) is 63.9 Å². The third kappa shape index (κ3) is 7.38. The zero-order valence-corrected chi connectivity index (χ0v) is 21.3. The van der Waals surface area contributed by atoms with Crippen LogP contribution in [0, 0.1) is 0 Å². The average molecular weight is 522 g/mol. The van der Waals surface area contributed by atoms with E-state index in [-0.39, 0.29) is 24.1 Å². The lowest BCUT2D eigenvalue weighted by Gasteiger charge is -2.15. The van der Waals surface area contributed by atoms with Gasteiger partial charge >= 0.3 is 0 Å². The first kappa shape index (κ1) is 25.9. The number of nitrogens with one attached hydrogen (secondary N) is 2. The molecule has 0 aliphatic rings. The van der Waals surface area contributed by atoms with Gasteiger partial charge in [0.25, 0.3) is 5.91 Å². The summed E-state index contributed by atoms with van der Waals surface area (Å²) in [5.74, 6) is 0.799. The van der Waals surface area contributed by atoms with Crippen molar-refractivity contribution >= 4 is 52.5 Å². The molecule has 0 aliphatic carbocycles. The summed E-state index contributed by atoms with van der Waals surface area (Å²) in [7, 11) is 1.77. The molecule has 0 spiro atoms. The van der Waals surface area contributed by atoms with Crippen molar-refractivity contribution in [3.63, 3.8) is 0 Å². The minimum absolute atomic E-state index is 0.115. The van der Waals surface area contributed by atoms with Crippen LogP contribution in [0.15, 0.2) is 47.6 Å². The van der Waals surface area contributed by atoms with Crippen molar-refractivity contribution in [2.75, 3.05) is 11.1 Å². The summed E-state index contributed by atoms with van der Waals surface area (Å²) in [6, 6.07) is 12.5. The smallest absolute Gasteiger partial charge is 0.261 e. The van der Waals surface area contributed by atoms with Gasteiger partial charge in [-0.3, -0.25) is 9.59 Å². The molecule has 0 saturated carbocycles. The largest absolute Gasteiger partial charge is 0.481 e. The zero-order chi connectivity index (χ0) is 24.7. The predicted octanol–water partition coefficient (Wildman–Crippen LogP) is 4.50. The van der Waals surface area contributed by atoms with Gasteiger partial charge in [-0.25, -0.2) is 0 Å². The maximum absolute atomic E-state index is 12.4. The Labute approximate surface area is 212 Å². The van der Waals surface area contributed by atoms with Gasteiger partial charge in [0.15, 0.2) is 17.1 Å². The summed E-state index contributed by atoms with van der Waals surface area (Å²) < 4.78 is 7.43. The SMILES string of the molecule is CCc1ccc(OC(C)C(=O)NCc2nnc(SCC(=O)Nc3cc(Cl)cc(Cl)c3)n2C)cc1. The van der Waals surface area contributed by atoms with Crippen LogP contribution in [0.3, 0.4) is 0 Å². The number of anilines is 1. The highest BCUT2D eigenvalue weighted by Gasteiger charge is 2.17. The monoisotopic (exact) mass is 521 g/mol. The van der Waals surface area contributed by atoms with Crippen molar-refractivity contribution in [3.8, 4) is 5.75 Å². The molecule has 180 valence electrons. The van der Waals surface area contributed by atoms with Crippen LogP contribution >= 0.6 is 35.0 Å². The van der Waals surface area contributed by atoms with Crippen LogP contribution in [-0.2, 0) is 29.6 Å². The molecule has 2 N–H and O–H groups in total. The average Bonchev–Trinajstić information content (AvgIpc) is 3.15. The molecule has 0 bridgehead atoms. The fraction of sp³-hybridized carbons (Fsp3) is 0.304. The Kier molecular flexibility index (Phi) is 9.20. The number of halogens is 2. The molecule has 11 heteroatoms. The number of hydrogen-bond donors (Lipinski definition) is 2. The number of benzene rings is 2. The number of aromatic nitrogens is 3. The van der Waals surface area contributed by atoms with Gasteiger partial charge in [-0.2, -0.15) is 0 Å². The molecule has 1 heterocycles. The second kappa shape index (κ2) is 12.1. The number of aryl methyl sites for hydroxylation is 1. The number of nitrogens with zero attached hydrogens (tertiary/aromatic N) is 3. The highest BCUT2D eigenvalue weighted by molar-refractivity contribution is 7.99. The Morgan fingerprint density at radius 2 is 1.79 bits per heavy atom. The van der Waals surface area contributed by atoms with E-state index in [9.17, 15) is 9.59 Å². The highest BCUT2D eigenvalue weighted by atomic mass is 35.5. The Hall–Kier alpha value is -2.75. The van der Waals surface area contributed by atoms with Gasteiger partial charge in [0.2, 0.25) is 5.91 Å². The minimum Gasteiger partial charge on any atom is -0.481 e. The molecule has 0 radical (unpaired) electrons. The molecule has 0 aliphatic heterocycles. The number of ether oxygens (including phenoxy) is 1. The summed E-state index contributed by atoms with van der Waals surface area (Å²) in [5, 5.41) is 15.2. The van der Waals surface area contributed by atoms with Crippen LogP contribution in [0.5, 0.6) is 5.75 Å². The molecule has 0 fully saturated rings. The quantitative estimate of drug-likeness (QED) is 0.381. The van der Waals surface area contributed by atoms with E-state index in [1.54, 1.807) is 36.7 Å². The first-order valence-electron chi connectivity index (χ1n) is 10.6. The Balaban J connectivity index is 1.47. The van der Waals surface area contributed by atoms with Crippen molar-refractivity contribution in [1.82, 2.24) is 20.1 Å². The Bertz CT molecular complexity index is 1130. The van der Waals surface area contributed by atoms with Crippen LogP contribution in [0.2, 0.25) is 10.0 Å². The lowest BCUT2D eigenvalue weighted by molar-refractivity contribution is -0.127. The molecule has 1 aromatic heterocycles. The van der Waals surface area contributed by atoms with Crippen LogP contribution in [0.4, 0.5) is 5.69 Å². The number of hydrogen-bond acceptors (Lipinski definition) is 6. The van der Waals surface area contributed by atoms with Gasteiger partial charge in [0.1, 0.15) is 5.75 Å². The molecule has 3 rings (SSSR count). The van der Waals surface area contributed by atoms with E-state index in [4.69, 9.17) is 27.9 Å². The normalized spacial score (nSPS) is 11.7. The first-order chi connectivity index (χ1) is 16.2. The molecule has 34 heavy (non-hydrogen) atoms. The standard InChI is InChI=1S/C23H25Cl2N5O3S/c1-4-15-5-7-19(8-6-15)33-14(2)22(32)26-12-20-28-29-23(30(20)3)34-13-21(31)27-18-10-16(24)9-17(25)11-18/h5-11,14H,4,12-13H2,1-3H3,(H,26,32)(H,27,31). The van der Waals surface area contributed by atoms with Crippen molar-refractivity contribution in [1.29, 1.82) is 0 Å². The predicted molar refractivity (Wildman–Crippen MR) is 135 cm³/mol. The Morgan fingerprint density at radius 3 is 2.44 bits per heavy atom. The maximum Gasteiger partial charge on any atom is 0.261 e. The highest BCUT2D eigenvalue weighted by Crippen LogP contribution is 2.23. The number of thioether (sulfide) groups is 1. The fourth-order valence-corrected chi connectivity index (χ4v) is 4.21. The van der Waals surface area contributed by atoms with E-state index in [1.807, 2.05) is 24.3 Å². The third-order valence-corrected chi connectivity index (χ3v) is 6.29. The summed E-state index contributed by atoms with van der Waals surface area (Å²) in [6.07, 6.45) is 0.272. The molecular weight excluding hydrogens is 497 g/mol. The van der Waals surface area contributed by atoms with Gasteiger partial charge in [-0.05, 0) is 49.2 Å². The van der Waals surface area contributed by atoms with Crippen LogP contribution in [0.1, 0.15) is 25.2 Å². The fourth-order valence-electron chi connectivity index (χ4n) is 2.95. The zero-order valence-electron chi connectivity index (χ0n) is 19.0. The van der Waals surface area contributed by atoms with Gasteiger partial charge in [0, 0.05) is 22.8 Å². The van der Waals surface area contributed by atoms with Crippen LogP contribution in [-0.4, -0.2) is 38.4 Å². The first-order valence-corrected chi connectivity index (χ1v) is 12.3. The van der Waals surface area contributed by atoms with Gasteiger partial charge in [0.05, 0.1) is 12.3 Å². The minimum atomic E-state index is -0.668. The molecule has 3 aromatic rings. The lowest BCUT2D eigenvalue weighted by Crippen LogP contribution is -2.36. The summed E-state index contributed by atoms with van der Waals surface area (Å²) in [6.45, 7) is 3.94. The summed E-state index contributed by atoms with van der Waals surface area (Å²) in [4.78, 5) is 24.7. The number of carbonyl (C=O) groups is 2. The second-order valence-corrected chi connectivity index (χ2v) is 9.24. The summed E-state index contributed by atoms with van der Waals surface area (Å²) >= 11 is 13.1. The van der Waals surface area contributed by atoms with Crippen LogP contribution in [0.25, 0.3) is 0 Å². The van der Waals surface area contributed by atoms with Gasteiger partial charge < -0.3 is 19.9 Å². The van der Waals surface area contributed by atoms with E-state index in [0.717, 1.165) is 6.42 Å². The topological polar surface area (TPSA) is 98.1 Å². The molecule has 2 amide bonds. The van der Waals surface area contributed by atoms with E-state index in [1.165, 1.54) is 17.3 Å². The van der Waals surface area contributed by atoms with Crippen LogP contribution < -0.4 is 15.4 Å². The maximum atomic E-state index is 12.4. The molecule has 0 saturated heterocycles. The lowest BCUT2D eigenvalue weighted by atomic mass is 10.2. The van der Waals surface area contributed by atoms with Crippen molar-refractivity contribution < 1.29 is 14.3 Å². The molecule has 2 aromatic carbocycles. The summed E-state index contributed by atoms with van der Waals surface area (Å²) in [5.41, 5.74) is 1.72.